The van der Waals surface area contributed by atoms with Gasteiger partial charge in [-0.05, 0) is 31.1 Å². The molecule has 0 rings (SSSR count). The van der Waals surface area contributed by atoms with Crippen molar-refractivity contribution in [2.45, 2.75) is 85.7 Å². The Bertz CT molecular complexity index is 219. The van der Waals surface area contributed by atoms with Gasteiger partial charge < -0.3 is 4.74 Å². The average Bonchev–Trinajstić information content (AvgIpc) is 2.34. The molecule has 0 N–H and O–H groups in total. The van der Waals surface area contributed by atoms with Gasteiger partial charge in [0, 0.05) is 6.42 Å². The van der Waals surface area contributed by atoms with Crippen LogP contribution < -0.4 is 0 Å². The molecule has 0 saturated heterocycles. The molecule has 0 aromatic rings. The molecule has 0 aliphatic carbocycles. The van der Waals surface area contributed by atoms with Crippen molar-refractivity contribution >= 4 is 5.97 Å². The summed E-state index contributed by atoms with van der Waals surface area (Å²) >= 11 is 0. The summed E-state index contributed by atoms with van der Waals surface area (Å²) in [6, 6.07) is 0. The van der Waals surface area contributed by atoms with E-state index < -0.39 is 0 Å². The number of ether oxygens (including phenoxy) is 1. The van der Waals surface area contributed by atoms with E-state index in [2.05, 4.69) is 41.5 Å². The lowest BCUT2D eigenvalue weighted by Crippen LogP contribution is -2.33. The van der Waals surface area contributed by atoms with Crippen molar-refractivity contribution in [3.63, 3.8) is 0 Å². The second-order valence-corrected chi connectivity index (χ2v) is 5.74. The quantitative estimate of drug-likeness (QED) is 0.576. The van der Waals surface area contributed by atoms with E-state index >= 15 is 0 Å². The van der Waals surface area contributed by atoms with Gasteiger partial charge in [-0.15, -0.1) is 0 Å². The summed E-state index contributed by atoms with van der Waals surface area (Å²) in [4.78, 5) is 11.9. The van der Waals surface area contributed by atoms with E-state index in [0.717, 1.165) is 32.1 Å². The van der Waals surface area contributed by atoms with Crippen LogP contribution in [0.5, 0.6) is 0 Å². The van der Waals surface area contributed by atoms with Crippen LogP contribution in [0.15, 0.2) is 0 Å². The molecule has 102 valence electrons. The Labute approximate surface area is 107 Å². The first-order valence-corrected chi connectivity index (χ1v) is 7.06. The summed E-state index contributed by atoms with van der Waals surface area (Å²) in [5.74, 6) is -0.0305. The normalized spacial score (nSPS) is 12.6. The largest absolute Gasteiger partial charge is 0.459 e. The van der Waals surface area contributed by atoms with Crippen molar-refractivity contribution < 1.29 is 9.53 Å². The fraction of sp³-hybridized carbons (Fsp3) is 0.933. The van der Waals surface area contributed by atoms with E-state index in [1.807, 2.05) is 0 Å². The maximum atomic E-state index is 11.9. The third kappa shape index (κ3) is 5.56. The Balaban J connectivity index is 4.26. The molecule has 2 nitrogen and oxygen atoms in total. The van der Waals surface area contributed by atoms with Gasteiger partial charge in [0.25, 0.3) is 0 Å². The van der Waals surface area contributed by atoms with Crippen LogP contribution in [0.2, 0.25) is 0 Å². The first kappa shape index (κ1) is 16.5. The third-order valence-electron chi connectivity index (χ3n) is 4.23. The number of carbonyl (C=O) groups excluding carboxylic acids is 1. The van der Waals surface area contributed by atoms with Gasteiger partial charge in [-0.2, -0.15) is 0 Å². The molecule has 0 saturated carbocycles. The van der Waals surface area contributed by atoms with Crippen molar-refractivity contribution in [3.05, 3.63) is 0 Å². The first-order chi connectivity index (χ1) is 7.84. The highest BCUT2D eigenvalue weighted by atomic mass is 16.6. The maximum absolute atomic E-state index is 11.9. The highest BCUT2D eigenvalue weighted by Gasteiger charge is 2.29. The van der Waals surface area contributed by atoms with E-state index in [4.69, 9.17) is 4.74 Å². The van der Waals surface area contributed by atoms with Gasteiger partial charge >= 0.3 is 5.97 Å². The lowest BCUT2D eigenvalue weighted by Gasteiger charge is -2.31. The van der Waals surface area contributed by atoms with E-state index in [1.165, 1.54) is 0 Å². The number of hydrogen-bond donors (Lipinski definition) is 0. The SMILES string of the molecule is CCC(C)(C)CCC(=O)OC(CC)(CC)CC. The number of esters is 1. The standard InChI is InChI=1S/C15H30O2/c1-7-14(5,6)12-11-13(16)17-15(8-2,9-3)10-4/h7-12H2,1-6H3. The van der Waals surface area contributed by atoms with Gasteiger partial charge in [-0.3, -0.25) is 4.79 Å². The molecule has 0 aliphatic heterocycles. The van der Waals surface area contributed by atoms with Gasteiger partial charge in [0.15, 0.2) is 0 Å². The van der Waals surface area contributed by atoms with E-state index in [0.29, 0.717) is 6.42 Å². The van der Waals surface area contributed by atoms with Gasteiger partial charge in [0.1, 0.15) is 5.60 Å². The Morgan fingerprint density at radius 3 is 1.76 bits per heavy atom. The predicted molar refractivity (Wildman–Crippen MR) is 73.0 cm³/mol. The highest BCUT2D eigenvalue weighted by Crippen LogP contribution is 2.29. The van der Waals surface area contributed by atoms with E-state index in [-0.39, 0.29) is 17.0 Å². The predicted octanol–water partition coefficient (Wildman–Crippen LogP) is 4.71. The third-order valence-corrected chi connectivity index (χ3v) is 4.23. The second kappa shape index (κ2) is 7.03. The molecule has 0 radical (unpaired) electrons. The van der Waals surface area contributed by atoms with Crippen LogP contribution in [-0.4, -0.2) is 11.6 Å². The minimum absolute atomic E-state index is 0.0305. The van der Waals surface area contributed by atoms with Crippen LogP contribution in [-0.2, 0) is 9.53 Å². The summed E-state index contributed by atoms with van der Waals surface area (Å²) in [5, 5.41) is 0. The molecule has 0 aliphatic rings. The minimum atomic E-state index is -0.229. The molecule has 0 amide bonds. The van der Waals surface area contributed by atoms with E-state index in [1.54, 1.807) is 0 Å². The highest BCUT2D eigenvalue weighted by molar-refractivity contribution is 5.70. The molecule has 0 aromatic heterocycles. The molecule has 0 atom stereocenters. The van der Waals surface area contributed by atoms with Gasteiger partial charge in [-0.1, -0.05) is 48.0 Å². The zero-order chi connectivity index (χ0) is 13.5. The molecule has 2 heteroatoms. The van der Waals surface area contributed by atoms with Crippen LogP contribution >= 0.6 is 0 Å². The lowest BCUT2D eigenvalue weighted by molar-refractivity contribution is -0.161. The number of carbonyl (C=O) groups is 1. The lowest BCUT2D eigenvalue weighted by atomic mass is 9.85. The molecule has 17 heavy (non-hydrogen) atoms. The Morgan fingerprint density at radius 1 is 0.941 bits per heavy atom. The topological polar surface area (TPSA) is 26.3 Å². The summed E-state index contributed by atoms with van der Waals surface area (Å²) in [6.45, 7) is 12.8. The molecule has 0 aromatic carbocycles. The number of rotatable bonds is 8. The molecular weight excluding hydrogens is 212 g/mol. The van der Waals surface area contributed by atoms with Gasteiger partial charge in [0.05, 0.1) is 0 Å². The molecule has 0 fully saturated rings. The van der Waals surface area contributed by atoms with Crippen LogP contribution in [0.25, 0.3) is 0 Å². The van der Waals surface area contributed by atoms with Gasteiger partial charge in [-0.25, -0.2) is 0 Å². The summed E-state index contributed by atoms with van der Waals surface area (Å²) in [5.41, 5.74) is 0.0137. The second-order valence-electron chi connectivity index (χ2n) is 5.74. The van der Waals surface area contributed by atoms with Gasteiger partial charge in [0.2, 0.25) is 0 Å². The van der Waals surface area contributed by atoms with Crippen molar-refractivity contribution in [1.29, 1.82) is 0 Å². The van der Waals surface area contributed by atoms with Crippen molar-refractivity contribution in [3.8, 4) is 0 Å². The number of hydrogen-bond acceptors (Lipinski definition) is 2. The Kier molecular flexibility index (Phi) is 6.81. The smallest absolute Gasteiger partial charge is 0.306 e. The Morgan fingerprint density at radius 2 is 1.41 bits per heavy atom. The zero-order valence-corrected chi connectivity index (χ0v) is 12.6. The Hall–Kier alpha value is -0.530. The fourth-order valence-electron chi connectivity index (χ4n) is 1.88. The summed E-state index contributed by atoms with van der Waals surface area (Å²) in [6.07, 6.45) is 5.27. The van der Waals surface area contributed by atoms with Crippen LogP contribution in [0.3, 0.4) is 0 Å². The monoisotopic (exact) mass is 242 g/mol. The van der Waals surface area contributed by atoms with Crippen molar-refractivity contribution in [1.82, 2.24) is 0 Å². The molecule has 0 spiro atoms. The summed E-state index contributed by atoms with van der Waals surface area (Å²) in [7, 11) is 0. The minimum Gasteiger partial charge on any atom is -0.459 e. The zero-order valence-electron chi connectivity index (χ0n) is 12.6. The fourth-order valence-corrected chi connectivity index (χ4v) is 1.88. The molecular formula is C15H30O2. The summed E-state index contributed by atoms with van der Waals surface area (Å²) < 4.78 is 5.69. The molecule has 0 heterocycles. The first-order valence-electron chi connectivity index (χ1n) is 7.06. The van der Waals surface area contributed by atoms with Crippen LogP contribution in [0.1, 0.15) is 80.1 Å². The van der Waals surface area contributed by atoms with Crippen LogP contribution in [0.4, 0.5) is 0 Å². The maximum Gasteiger partial charge on any atom is 0.306 e. The molecule has 0 bridgehead atoms. The van der Waals surface area contributed by atoms with Crippen molar-refractivity contribution in [2.24, 2.45) is 5.41 Å². The van der Waals surface area contributed by atoms with Crippen LogP contribution in [0, 0.1) is 5.41 Å². The van der Waals surface area contributed by atoms with E-state index in [9.17, 15) is 4.79 Å². The average molecular weight is 242 g/mol. The van der Waals surface area contributed by atoms with Crippen molar-refractivity contribution in [2.75, 3.05) is 0 Å². The molecule has 0 unspecified atom stereocenters.